The van der Waals surface area contributed by atoms with Crippen LogP contribution < -0.4 is 0 Å². The molecule has 0 saturated heterocycles. The summed E-state index contributed by atoms with van der Waals surface area (Å²) in [5.74, 6) is 0. The summed E-state index contributed by atoms with van der Waals surface area (Å²) in [5.41, 5.74) is 0. The second-order valence-corrected chi connectivity index (χ2v) is 6.25. The quantitative estimate of drug-likeness (QED) is 0.318. The molecule has 0 radical (unpaired) electrons. The fraction of sp³-hybridized carbons (Fsp3) is 0.833. The average Bonchev–Trinajstić information content (AvgIpc) is 2.26. The molecule has 0 spiro atoms. The first-order valence-corrected chi connectivity index (χ1v) is 8.20. The van der Waals surface area contributed by atoms with Crippen molar-refractivity contribution < 1.29 is 13.3 Å². The zero-order valence-corrected chi connectivity index (χ0v) is 12.0. The smallest absolute Gasteiger partial charge is 0.374 e. The lowest BCUT2D eigenvalue weighted by Gasteiger charge is -2.28. The molecule has 0 aliphatic heterocycles. The van der Waals surface area contributed by atoms with Crippen molar-refractivity contribution >= 4 is 8.80 Å². The van der Waals surface area contributed by atoms with Crippen LogP contribution in [0.5, 0.6) is 0 Å². The van der Waals surface area contributed by atoms with Crippen LogP contribution in [0.25, 0.3) is 0 Å². The fourth-order valence-electron chi connectivity index (χ4n) is 1.63. The molecular formula is C12H26O3Si. The van der Waals surface area contributed by atoms with Gasteiger partial charge in [-0.15, -0.1) is 6.58 Å². The largest absolute Gasteiger partial charge is 0.500 e. The maximum atomic E-state index is 5.76. The highest BCUT2D eigenvalue weighted by atomic mass is 28.4. The van der Waals surface area contributed by atoms with Gasteiger partial charge in [0.25, 0.3) is 0 Å². The number of unbranched alkanes of at least 4 members (excludes halogenated alkanes) is 2. The lowest BCUT2D eigenvalue weighted by Crippen LogP contribution is -2.45. The first-order chi connectivity index (χ1) is 7.74. The summed E-state index contributed by atoms with van der Waals surface area (Å²) in [7, 11) is -2.38. The Morgan fingerprint density at radius 3 is 1.81 bits per heavy atom. The van der Waals surface area contributed by atoms with E-state index in [4.69, 9.17) is 13.3 Å². The van der Waals surface area contributed by atoms with Crippen molar-refractivity contribution in [2.24, 2.45) is 0 Å². The molecular weight excluding hydrogens is 220 g/mol. The molecule has 0 amide bonds. The van der Waals surface area contributed by atoms with Crippen LogP contribution in [0.4, 0.5) is 0 Å². The lowest BCUT2D eigenvalue weighted by atomic mass is 10.2. The molecule has 0 aliphatic rings. The molecule has 0 rings (SSSR count). The van der Waals surface area contributed by atoms with E-state index in [1.807, 2.05) is 26.8 Å². The van der Waals surface area contributed by atoms with Gasteiger partial charge in [-0.2, -0.15) is 0 Å². The van der Waals surface area contributed by atoms with Crippen molar-refractivity contribution in [3.05, 3.63) is 12.7 Å². The van der Waals surface area contributed by atoms with E-state index < -0.39 is 8.80 Å². The van der Waals surface area contributed by atoms with Gasteiger partial charge in [0.15, 0.2) is 0 Å². The highest BCUT2D eigenvalue weighted by Gasteiger charge is 2.39. The van der Waals surface area contributed by atoms with Gasteiger partial charge in [0.1, 0.15) is 0 Å². The third kappa shape index (κ3) is 6.43. The van der Waals surface area contributed by atoms with Crippen molar-refractivity contribution in [3.63, 3.8) is 0 Å². The van der Waals surface area contributed by atoms with Gasteiger partial charge in [-0.05, 0) is 40.0 Å². The van der Waals surface area contributed by atoms with Gasteiger partial charge < -0.3 is 13.3 Å². The minimum atomic E-state index is -2.38. The first-order valence-electron chi connectivity index (χ1n) is 6.27. The van der Waals surface area contributed by atoms with Gasteiger partial charge in [-0.1, -0.05) is 6.08 Å². The molecule has 0 bridgehead atoms. The molecule has 0 saturated carbocycles. The van der Waals surface area contributed by atoms with E-state index in [9.17, 15) is 0 Å². The molecule has 0 N–H and O–H groups in total. The van der Waals surface area contributed by atoms with E-state index in [0.717, 1.165) is 25.3 Å². The number of allylic oxidation sites excluding steroid dienone is 1. The molecule has 96 valence electrons. The summed E-state index contributed by atoms with van der Waals surface area (Å²) >= 11 is 0. The predicted octanol–water partition coefficient (Wildman–Crippen LogP) is 3.39. The maximum absolute atomic E-state index is 5.76. The monoisotopic (exact) mass is 246 g/mol. The number of hydrogen-bond acceptors (Lipinski definition) is 3. The van der Waals surface area contributed by atoms with E-state index >= 15 is 0 Å². The Labute approximate surface area is 101 Å². The number of hydrogen-bond donors (Lipinski definition) is 0. The van der Waals surface area contributed by atoms with E-state index in [-0.39, 0.29) is 0 Å². The number of rotatable bonds is 11. The van der Waals surface area contributed by atoms with E-state index in [2.05, 4.69) is 6.58 Å². The van der Waals surface area contributed by atoms with E-state index in [0.29, 0.717) is 19.8 Å². The standard InChI is InChI=1S/C12H26O3Si/c1-5-9-10-11-12-16(13-6-2,14-7-3)15-8-4/h5H,1,6-12H2,2-4H3. The highest BCUT2D eigenvalue weighted by molar-refractivity contribution is 6.60. The summed E-state index contributed by atoms with van der Waals surface area (Å²) in [5, 5.41) is 0. The van der Waals surface area contributed by atoms with Crippen molar-refractivity contribution in [3.8, 4) is 0 Å². The van der Waals surface area contributed by atoms with Gasteiger partial charge >= 0.3 is 8.80 Å². The highest BCUT2D eigenvalue weighted by Crippen LogP contribution is 2.19. The second kappa shape index (κ2) is 10.0. The zero-order chi connectivity index (χ0) is 12.3. The molecule has 0 aromatic heterocycles. The normalized spacial score (nSPS) is 11.7. The minimum absolute atomic E-state index is 0.660. The Morgan fingerprint density at radius 1 is 0.938 bits per heavy atom. The third-order valence-corrected chi connectivity index (χ3v) is 5.39. The molecule has 0 heterocycles. The molecule has 0 unspecified atom stereocenters. The summed E-state index contributed by atoms with van der Waals surface area (Å²) in [6.45, 7) is 11.7. The van der Waals surface area contributed by atoms with Crippen LogP contribution in [-0.2, 0) is 13.3 Å². The van der Waals surface area contributed by atoms with Crippen LogP contribution in [0.3, 0.4) is 0 Å². The first kappa shape index (κ1) is 15.8. The van der Waals surface area contributed by atoms with Gasteiger partial charge in [0.2, 0.25) is 0 Å². The molecule has 3 nitrogen and oxygen atoms in total. The Balaban J connectivity index is 4.17. The van der Waals surface area contributed by atoms with Crippen molar-refractivity contribution in [1.29, 1.82) is 0 Å². The van der Waals surface area contributed by atoms with Crippen molar-refractivity contribution in [1.82, 2.24) is 0 Å². The summed E-state index contributed by atoms with van der Waals surface area (Å²) < 4.78 is 17.3. The minimum Gasteiger partial charge on any atom is -0.374 e. The Hall–Kier alpha value is -0.163. The molecule has 0 aromatic carbocycles. The molecule has 0 aromatic rings. The summed E-state index contributed by atoms with van der Waals surface area (Å²) in [6.07, 6.45) is 5.21. The molecule has 0 fully saturated rings. The van der Waals surface area contributed by atoms with Crippen LogP contribution in [0.1, 0.15) is 40.0 Å². The second-order valence-electron chi connectivity index (χ2n) is 3.52. The van der Waals surface area contributed by atoms with Crippen molar-refractivity contribution in [2.75, 3.05) is 19.8 Å². The van der Waals surface area contributed by atoms with Crippen molar-refractivity contribution in [2.45, 2.75) is 46.1 Å². The fourth-order valence-corrected chi connectivity index (χ4v) is 4.32. The Morgan fingerprint density at radius 2 is 1.44 bits per heavy atom. The van der Waals surface area contributed by atoms with Crippen LogP contribution in [0.15, 0.2) is 12.7 Å². The van der Waals surface area contributed by atoms with Crippen LogP contribution >= 0.6 is 0 Å². The van der Waals surface area contributed by atoms with Crippen LogP contribution in [-0.4, -0.2) is 28.6 Å². The summed E-state index contributed by atoms with van der Waals surface area (Å²) in [4.78, 5) is 0. The van der Waals surface area contributed by atoms with Gasteiger partial charge in [-0.3, -0.25) is 0 Å². The van der Waals surface area contributed by atoms with Gasteiger partial charge in [0.05, 0.1) is 0 Å². The van der Waals surface area contributed by atoms with Crippen LogP contribution in [0, 0.1) is 0 Å². The average molecular weight is 246 g/mol. The summed E-state index contributed by atoms with van der Waals surface area (Å²) in [6, 6.07) is 0.913. The lowest BCUT2D eigenvalue weighted by molar-refractivity contribution is 0.0707. The zero-order valence-electron chi connectivity index (χ0n) is 11.0. The molecule has 0 atom stereocenters. The van der Waals surface area contributed by atoms with Gasteiger partial charge in [-0.25, -0.2) is 0 Å². The van der Waals surface area contributed by atoms with Gasteiger partial charge in [0, 0.05) is 25.9 Å². The maximum Gasteiger partial charge on any atom is 0.500 e. The molecule has 4 heteroatoms. The van der Waals surface area contributed by atoms with Crippen LogP contribution in [0.2, 0.25) is 6.04 Å². The topological polar surface area (TPSA) is 27.7 Å². The van der Waals surface area contributed by atoms with E-state index in [1.165, 1.54) is 0 Å². The predicted molar refractivity (Wildman–Crippen MR) is 69.5 cm³/mol. The Bertz CT molecular complexity index is 157. The third-order valence-electron chi connectivity index (χ3n) is 2.23. The Kier molecular flexibility index (Phi) is 9.92. The SMILES string of the molecule is C=CCCCC[Si](OCC)(OCC)OCC. The molecule has 0 aliphatic carbocycles. The molecule has 16 heavy (non-hydrogen) atoms. The van der Waals surface area contributed by atoms with E-state index in [1.54, 1.807) is 0 Å².